The third kappa shape index (κ3) is 5.81. The number of aromatic nitrogens is 1. The second-order valence-corrected chi connectivity index (χ2v) is 10.8. The van der Waals surface area contributed by atoms with Gasteiger partial charge in [0.25, 0.3) is 11.7 Å². The Hall–Kier alpha value is -4.40. The van der Waals surface area contributed by atoms with Crippen molar-refractivity contribution >= 4 is 29.7 Å². The van der Waals surface area contributed by atoms with E-state index in [-0.39, 0.29) is 33.8 Å². The number of carbonyl (C=O) groups excluding carboxylic acids is 2. The minimum Gasteiger partial charge on any atom is -0.379 e. The van der Waals surface area contributed by atoms with Gasteiger partial charge in [-0.05, 0) is 55.7 Å². The number of nitrogens with zero attached hydrogens (tertiary/aromatic N) is 5. The average molecular weight is 596 g/mol. The summed E-state index contributed by atoms with van der Waals surface area (Å²) in [6.45, 7) is 2.36. The lowest BCUT2D eigenvalue weighted by molar-refractivity contribution is -0.750. The van der Waals surface area contributed by atoms with Crippen molar-refractivity contribution in [2.75, 3.05) is 31.6 Å². The van der Waals surface area contributed by atoms with Gasteiger partial charge in [0.2, 0.25) is 17.4 Å². The highest BCUT2D eigenvalue weighted by Gasteiger charge is 2.46. The van der Waals surface area contributed by atoms with Crippen LogP contribution in [-0.2, 0) is 15.7 Å². The number of rotatable bonds is 6. The lowest BCUT2D eigenvalue weighted by atomic mass is 9.96. The monoisotopic (exact) mass is 595 g/mol. The molecule has 6 rings (SSSR count). The number of likely N-dealkylation sites (tertiary alicyclic amines) is 1. The van der Waals surface area contributed by atoms with Crippen LogP contribution in [0.2, 0.25) is 0 Å². The van der Waals surface area contributed by atoms with Crippen LogP contribution in [-0.4, -0.2) is 70.7 Å². The molecular formula is C29H30F3N8O3+. The number of nitrogens with two attached hydrogens (primary N) is 1. The van der Waals surface area contributed by atoms with Crippen LogP contribution in [0.15, 0.2) is 76.5 Å². The molecule has 5 heterocycles. The van der Waals surface area contributed by atoms with Crippen LogP contribution >= 0.6 is 0 Å². The van der Waals surface area contributed by atoms with Gasteiger partial charge in [0, 0.05) is 31.5 Å². The van der Waals surface area contributed by atoms with E-state index in [0.29, 0.717) is 49.2 Å². The molecular weight excluding hydrogens is 565 g/mol. The average Bonchev–Trinajstić information content (AvgIpc) is 3.62. The van der Waals surface area contributed by atoms with Crippen LogP contribution in [0.5, 0.6) is 0 Å². The fourth-order valence-corrected chi connectivity index (χ4v) is 5.58. The number of fused-ring (bicyclic) bond motifs is 1. The summed E-state index contributed by atoms with van der Waals surface area (Å²) in [6, 6.07) is 8.09. The molecule has 0 radical (unpaired) electrons. The maximum absolute atomic E-state index is 13.0. The number of halogens is 3. The minimum atomic E-state index is -4.56. The summed E-state index contributed by atoms with van der Waals surface area (Å²) in [7, 11) is 0. The van der Waals surface area contributed by atoms with Crippen LogP contribution < -0.4 is 16.5 Å². The number of pyridine rings is 1. The molecule has 2 fully saturated rings. The molecule has 3 atom stereocenters. The maximum atomic E-state index is 13.0. The predicted molar refractivity (Wildman–Crippen MR) is 151 cm³/mol. The number of hydrogen-bond donors (Lipinski definition) is 3. The molecule has 1 aromatic heterocycles. The highest BCUT2D eigenvalue weighted by atomic mass is 19.4. The van der Waals surface area contributed by atoms with Crippen LogP contribution in [0.4, 0.5) is 19.0 Å². The van der Waals surface area contributed by atoms with Crippen molar-refractivity contribution in [3.05, 3.63) is 83.2 Å². The normalized spacial score (nSPS) is 25.0. The highest BCUT2D eigenvalue weighted by molar-refractivity contribution is 6.05. The lowest BCUT2D eigenvalue weighted by Gasteiger charge is -2.33. The standard InChI is InChI=1S/C29H29F3N8O3/c30-29(31,32)21-7-9-35-24(14-21)37-27(41)19-5-3-18(4-6-19)26-38-25(23-15-34-10-12-40(23,26)33)39-11-1-2-20(16-39)28(42)36-22-8-13-43-17-22/h3-7,9-10,12,14-15,20,22H,1-2,8,11,13,16-17,33H2,(H-,35,36,37,41,42)/p+1/t20?,22-,40?/m0/s1. The predicted octanol–water partition coefficient (Wildman–Crippen LogP) is 3.15. The number of benzene rings is 1. The number of nitrogens with one attached hydrogen (secondary N) is 2. The molecule has 4 aliphatic rings. The zero-order chi connectivity index (χ0) is 30.2. The third-order valence-electron chi connectivity index (χ3n) is 7.88. The Labute approximate surface area is 245 Å². The summed E-state index contributed by atoms with van der Waals surface area (Å²) in [5.41, 5.74) is 0.592. The number of amidine groups is 1. The molecule has 4 N–H and O–H groups in total. The van der Waals surface area contributed by atoms with Gasteiger partial charge in [-0.2, -0.15) is 24.0 Å². The van der Waals surface area contributed by atoms with Gasteiger partial charge >= 0.3 is 6.18 Å². The van der Waals surface area contributed by atoms with Crippen LogP contribution in [0.25, 0.3) is 0 Å². The number of piperidine rings is 1. The summed E-state index contributed by atoms with van der Waals surface area (Å²) in [5, 5.41) is 5.51. The number of anilines is 1. The Bertz CT molecular complexity index is 1550. The number of aliphatic imine (C=N–C) groups is 2. The quantitative estimate of drug-likeness (QED) is 0.347. The zero-order valence-electron chi connectivity index (χ0n) is 23.1. The zero-order valence-corrected chi connectivity index (χ0v) is 23.1. The Morgan fingerprint density at radius 1 is 1.14 bits per heavy atom. The fourth-order valence-electron chi connectivity index (χ4n) is 5.58. The Balaban J connectivity index is 1.20. The van der Waals surface area contributed by atoms with Crippen molar-refractivity contribution < 1.29 is 32.1 Å². The van der Waals surface area contributed by atoms with Crippen molar-refractivity contribution in [2.24, 2.45) is 21.7 Å². The number of alkyl halides is 3. The van der Waals surface area contributed by atoms with Crippen molar-refractivity contribution in [3.63, 3.8) is 0 Å². The topological polar surface area (TPSA) is 134 Å². The summed E-state index contributed by atoms with van der Waals surface area (Å²) >= 11 is 0. The van der Waals surface area contributed by atoms with E-state index in [9.17, 15) is 22.8 Å². The molecule has 11 nitrogen and oxygen atoms in total. The molecule has 0 bridgehead atoms. The Morgan fingerprint density at radius 2 is 1.95 bits per heavy atom. The first-order valence-corrected chi connectivity index (χ1v) is 13.9. The van der Waals surface area contributed by atoms with Crippen LogP contribution in [0, 0.1) is 5.92 Å². The second kappa shape index (κ2) is 11.4. The van der Waals surface area contributed by atoms with Crippen molar-refractivity contribution in [1.29, 1.82) is 0 Å². The molecule has 224 valence electrons. The maximum Gasteiger partial charge on any atom is 0.416 e. The van der Waals surface area contributed by atoms with Crippen molar-refractivity contribution in [1.82, 2.24) is 15.2 Å². The second-order valence-electron chi connectivity index (χ2n) is 10.8. The molecule has 0 aliphatic carbocycles. The number of hydrogen-bond acceptors (Lipinski definition) is 8. The van der Waals surface area contributed by atoms with Crippen molar-refractivity contribution in [3.8, 4) is 0 Å². The van der Waals surface area contributed by atoms with E-state index in [0.717, 1.165) is 37.6 Å². The van der Waals surface area contributed by atoms with E-state index >= 15 is 0 Å². The molecule has 0 saturated carbocycles. The lowest BCUT2D eigenvalue weighted by Crippen LogP contribution is -2.53. The van der Waals surface area contributed by atoms with Gasteiger partial charge in [-0.25, -0.2) is 4.98 Å². The first-order valence-electron chi connectivity index (χ1n) is 13.9. The van der Waals surface area contributed by atoms with Gasteiger partial charge in [-0.3, -0.25) is 14.6 Å². The number of allylic oxidation sites excluding steroid dienone is 1. The molecule has 4 aliphatic heterocycles. The molecule has 0 spiro atoms. The summed E-state index contributed by atoms with van der Waals surface area (Å²) in [6.07, 6.45) is 3.77. The van der Waals surface area contributed by atoms with E-state index in [1.54, 1.807) is 42.9 Å². The third-order valence-corrected chi connectivity index (χ3v) is 7.88. The van der Waals surface area contributed by atoms with Crippen LogP contribution in [0.3, 0.4) is 0 Å². The molecule has 1 aromatic carbocycles. The molecule has 14 heteroatoms. The number of ether oxygens (including phenoxy) is 1. The fraction of sp³-hybridized carbons (Fsp3) is 0.345. The van der Waals surface area contributed by atoms with Crippen molar-refractivity contribution in [2.45, 2.75) is 31.5 Å². The molecule has 2 unspecified atom stereocenters. The summed E-state index contributed by atoms with van der Waals surface area (Å²) in [4.78, 5) is 40.9. The molecule has 2 saturated heterocycles. The van der Waals surface area contributed by atoms with Gasteiger partial charge in [-0.1, -0.05) is 0 Å². The number of quaternary nitrogens is 1. The highest BCUT2D eigenvalue weighted by Crippen LogP contribution is 2.35. The largest absolute Gasteiger partial charge is 0.416 e. The first kappa shape index (κ1) is 28.7. The van der Waals surface area contributed by atoms with Gasteiger partial charge < -0.3 is 20.3 Å². The van der Waals surface area contributed by atoms with E-state index in [1.165, 1.54) is 0 Å². The number of carbonyl (C=O) groups is 2. The Kier molecular flexibility index (Phi) is 7.58. The molecule has 2 aromatic rings. The van der Waals surface area contributed by atoms with E-state index in [4.69, 9.17) is 15.6 Å². The van der Waals surface area contributed by atoms with E-state index in [2.05, 4.69) is 25.5 Å². The first-order chi connectivity index (χ1) is 20.6. The smallest absolute Gasteiger partial charge is 0.379 e. The van der Waals surface area contributed by atoms with Gasteiger partial charge in [0.15, 0.2) is 0 Å². The Morgan fingerprint density at radius 3 is 2.70 bits per heavy atom. The van der Waals surface area contributed by atoms with E-state index < -0.39 is 17.6 Å². The van der Waals surface area contributed by atoms with Crippen LogP contribution in [0.1, 0.15) is 40.7 Å². The minimum absolute atomic E-state index is 0.00732. The van der Waals surface area contributed by atoms with E-state index in [1.807, 2.05) is 0 Å². The number of amides is 2. The summed E-state index contributed by atoms with van der Waals surface area (Å²) < 4.78 is 44.3. The van der Waals surface area contributed by atoms with Gasteiger partial charge in [-0.15, -0.1) is 4.59 Å². The van der Waals surface area contributed by atoms with Gasteiger partial charge in [0.1, 0.15) is 12.0 Å². The molecule has 43 heavy (non-hydrogen) atoms. The summed E-state index contributed by atoms with van der Waals surface area (Å²) in [5.74, 6) is 6.96. The SMILES string of the molecule is N[N+]12C=CN=CC1=C(N1CCCC(C(=O)N[C@H]3CCOC3)C1)N=C2c1ccc(C(=O)Nc2cc(C(F)(F)F)ccn2)cc1. The molecule has 2 amide bonds. The van der Waals surface area contributed by atoms with Gasteiger partial charge in [0.05, 0.1) is 42.1 Å².